The van der Waals surface area contributed by atoms with Crippen molar-refractivity contribution >= 4 is 58.4 Å². The second-order valence-electron chi connectivity index (χ2n) is 9.30. The first-order valence-electron chi connectivity index (χ1n) is 12.3. The molecule has 2 atom stereocenters. The minimum atomic E-state index is -0.962. The van der Waals surface area contributed by atoms with Crippen LogP contribution in [0.4, 0.5) is 0 Å². The normalized spacial score (nSPS) is 13.0. The zero-order chi connectivity index (χ0) is 27.1. The molecule has 0 spiro atoms. The Bertz CT molecular complexity index is 1490. The number of benzene rings is 3. The summed E-state index contributed by atoms with van der Waals surface area (Å²) < 4.78 is 0. The SMILES string of the molecule is CC(CCC(Sc1cccc(C(=O)O)c1)c1cccc(C=Cc2ccc3ccc(Cl)cc3n2)c1)CC(=O)O. The van der Waals surface area contributed by atoms with Gasteiger partial charge in [-0.15, -0.1) is 11.8 Å². The number of hydrogen-bond acceptors (Lipinski definition) is 4. The summed E-state index contributed by atoms with van der Waals surface area (Å²) in [6.07, 6.45) is 5.61. The van der Waals surface area contributed by atoms with E-state index in [4.69, 9.17) is 16.7 Å². The summed E-state index contributed by atoms with van der Waals surface area (Å²) in [5.74, 6) is -1.72. The van der Waals surface area contributed by atoms with Gasteiger partial charge in [-0.05, 0) is 72.4 Å². The molecule has 1 heterocycles. The zero-order valence-corrected chi connectivity index (χ0v) is 22.5. The van der Waals surface area contributed by atoms with E-state index in [0.29, 0.717) is 5.02 Å². The molecule has 7 heteroatoms. The van der Waals surface area contributed by atoms with Crippen molar-refractivity contribution in [3.63, 3.8) is 0 Å². The Morgan fingerprint density at radius 2 is 1.74 bits per heavy atom. The van der Waals surface area contributed by atoms with Crippen LogP contribution in [0, 0.1) is 5.92 Å². The Balaban J connectivity index is 1.57. The monoisotopic (exact) mass is 545 g/mol. The van der Waals surface area contributed by atoms with Crippen LogP contribution >= 0.6 is 23.4 Å². The number of aromatic nitrogens is 1. The van der Waals surface area contributed by atoms with Crippen molar-refractivity contribution in [1.29, 1.82) is 0 Å². The standard InChI is InChI=1S/C31H28ClNO4S/c1-20(16-30(34)35)8-15-29(38-27-7-3-6-24(18-27)31(36)37)23-5-2-4-21(17-23)9-13-26-14-11-22-10-12-25(32)19-28(22)33-26/h2-7,9-14,17-20,29H,8,15-16H2,1H3,(H,34,35)(H,36,37). The predicted molar refractivity (Wildman–Crippen MR) is 155 cm³/mol. The molecule has 5 nitrogen and oxygen atoms in total. The quantitative estimate of drug-likeness (QED) is 0.184. The Hall–Kier alpha value is -3.61. The van der Waals surface area contributed by atoms with Gasteiger partial charge in [0.2, 0.25) is 0 Å². The topological polar surface area (TPSA) is 87.5 Å². The van der Waals surface area contributed by atoms with E-state index in [1.807, 2.05) is 67.6 Å². The van der Waals surface area contributed by atoms with Gasteiger partial charge in [-0.2, -0.15) is 0 Å². The lowest BCUT2D eigenvalue weighted by Gasteiger charge is -2.20. The predicted octanol–water partition coefficient (Wildman–Crippen LogP) is 8.48. The lowest BCUT2D eigenvalue weighted by molar-refractivity contribution is -0.138. The van der Waals surface area contributed by atoms with Crippen molar-refractivity contribution in [2.24, 2.45) is 5.92 Å². The molecule has 4 rings (SSSR count). The van der Waals surface area contributed by atoms with E-state index in [2.05, 4.69) is 17.1 Å². The summed E-state index contributed by atoms with van der Waals surface area (Å²) in [5.41, 5.74) is 4.01. The fourth-order valence-electron chi connectivity index (χ4n) is 4.24. The number of pyridine rings is 1. The van der Waals surface area contributed by atoms with Crippen molar-refractivity contribution in [3.05, 3.63) is 106 Å². The van der Waals surface area contributed by atoms with E-state index in [-0.39, 0.29) is 23.2 Å². The maximum atomic E-state index is 11.5. The van der Waals surface area contributed by atoms with E-state index in [0.717, 1.165) is 45.5 Å². The average Bonchev–Trinajstić information content (AvgIpc) is 2.89. The Labute approximate surface area is 231 Å². The largest absolute Gasteiger partial charge is 0.481 e. The molecule has 194 valence electrons. The molecule has 0 aliphatic rings. The van der Waals surface area contributed by atoms with E-state index >= 15 is 0 Å². The number of rotatable bonds is 11. The number of hydrogen-bond donors (Lipinski definition) is 2. The van der Waals surface area contributed by atoms with Gasteiger partial charge in [-0.1, -0.05) is 67.1 Å². The van der Waals surface area contributed by atoms with Crippen LogP contribution in [-0.4, -0.2) is 27.1 Å². The number of aliphatic carboxylic acids is 1. The fraction of sp³-hybridized carbons (Fsp3) is 0.194. The van der Waals surface area contributed by atoms with Gasteiger partial charge in [0.15, 0.2) is 0 Å². The molecule has 0 amide bonds. The zero-order valence-electron chi connectivity index (χ0n) is 20.9. The summed E-state index contributed by atoms with van der Waals surface area (Å²) in [5, 5.41) is 20.3. The van der Waals surface area contributed by atoms with Crippen LogP contribution < -0.4 is 0 Å². The fourth-order valence-corrected chi connectivity index (χ4v) is 5.62. The molecule has 0 fully saturated rings. The Kier molecular flexibility index (Phi) is 9.21. The van der Waals surface area contributed by atoms with Crippen molar-refractivity contribution in [1.82, 2.24) is 4.98 Å². The van der Waals surface area contributed by atoms with Crippen molar-refractivity contribution in [2.75, 3.05) is 0 Å². The number of aromatic carboxylic acids is 1. The molecular formula is C31H28ClNO4S. The van der Waals surface area contributed by atoms with Gasteiger partial charge in [0.05, 0.1) is 16.8 Å². The number of halogens is 1. The van der Waals surface area contributed by atoms with Crippen molar-refractivity contribution < 1.29 is 19.8 Å². The van der Waals surface area contributed by atoms with E-state index in [1.165, 1.54) is 0 Å². The molecular weight excluding hydrogens is 518 g/mol. The Morgan fingerprint density at radius 3 is 2.53 bits per heavy atom. The van der Waals surface area contributed by atoms with Crippen molar-refractivity contribution in [3.8, 4) is 0 Å². The van der Waals surface area contributed by atoms with Gasteiger partial charge in [0.1, 0.15) is 0 Å². The maximum Gasteiger partial charge on any atom is 0.335 e. The van der Waals surface area contributed by atoms with Crippen LogP contribution in [0.2, 0.25) is 5.02 Å². The van der Waals surface area contributed by atoms with Gasteiger partial charge >= 0.3 is 11.9 Å². The molecule has 0 bridgehead atoms. The third-order valence-corrected chi connectivity index (χ3v) is 7.76. The maximum absolute atomic E-state index is 11.5. The highest BCUT2D eigenvalue weighted by molar-refractivity contribution is 7.99. The van der Waals surface area contributed by atoms with Gasteiger partial charge < -0.3 is 10.2 Å². The van der Waals surface area contributed by atoms with Crippen LogP contribution in [0.25, 0.3) is 23.1 Å². The molecule has 3 aromatic carbocycles. The molecule has 0 saturated carbocycles. The molecule has 38 heavy (non-hydrogen) atoms. The van der Waals surface area contributed by atoms with Crippen LogP contribution in [0.1, 0.15) is 58.6 Å². The first kappa shape index (κ1) is 27.4. The van der Waals surface area contributed by atoms with Crippen LogP contribution in [0.5, 0.6) is 0 Å². The summed E-state index contributed by atoms with van der Waals surface area (Å²) >= 11 is 7.73. The molecule has 0 radical (unpaired) electrons. The summed E-state index contributed by atoms with van der Waals surface area (Å²) in [6.45, 7) is 1.95. The molecule has 2 N–H and O–H groups in total. The molecule has 2 unspecified atom stereocenters. The van der Waals surface area contributed by atoms with Crippen LogP contribution in [0.3, 0.4) is 0 Å². The van der Waals surface area contributed by atoms with Gasteiger partial charge in [-0.25, -0.2) is 9.78 Å². The summed E-state index contributed by atoms with van der Waals surface area (Å²) in [7, 11) is 0. The lowest BCUT2D eigenvalue weighted by Crippen LogP contribution is -2.06. The third-order valence-electron chi connectivity index (χ3n) is 6.21. The summed E-state index contributed by atoms with van der Waals surface area (Å²) in [6, 6.07) is 24.8. The number of carbonyl (C=O) groups is 2. The second-order valence-corrected chi connectivity index (χ2v) is 11.0. The number of carboxylic acids is 2. The van der Waals surface area contributed by atoms with E-state index in [1.54, 1.807) is 30.0 Å². The minimum absolute atomic E-state index is 0.0320. The highest BCUT2D eigenvalue weighted by atomic mass is 35.5. The lowest BCUT2D eigenvalue weighted by atomic mass is 9.97. The van der Waals surface area contributed by atoms with Crippen molar-refractivity contribution in [2.45, 2.75) is 36.3 Å². The van der Waals surface area contributed by atoms with E-state index < -0.39 is 11.9 Å². The van der Waals surface area contributed by atoms with Gasteiger partial charge in [-0.3, -0.25) is 4.79 Å². The average molecular weight is 546 g/mol. The first-order chi connectivity index (χ1) is 18.3. The third kappa shape index (κ3) is 7.70. The number of thioether (sulfide) groups is 1. The van der Waals surface area contributed by atoms with Crippen LogP contribution in [-0.2, 0) is 4.79 Å². The van der Waals surface area contributed by atoms with Crippen LogP contribution in [0.15, 0.2) is 83.8 Å². The highest BCUT2D eigenvalue weighted by Crippen LogP contribution is 2.40. The number of nitrogens with zero attached hydrogens (tertiary/aromatic N) is 1. The minimum Gasteiger partial charge on any atom is -0.481 e. The highest BCUT2D eigenvalue weighted by Gasteiger charge is 2.17. The molecule has 0 aliphatic carbocycles. The number of fused-ring (bicyclic) bond motifs is 1. The first-order valence-corrected chi connectivity index (χ1v) is 13.6. The van der Waals surface area contributed by atoms with Gasteiger partial charge in [0, 0.05) is 27.0 Å². The van der Waals surface area contributed by atoms with E-state index in [9.17, 15) is 14.7 Å². The molecule has 0 aliphatic heterocycles. The van der Waals surface area contributed by atoms with Gasteiger partial charge in [0.25, 0.3) is 0 Å². The molecule has 1 aromatic heterocycles. The smallest absolute Gasteiger partial charge is 0.335 e. The molecule has 0 saturated heterocycles. The number of carboxylic acid groups (broad SMARTS) is 2. The Morgan fingerprint density at radius 1 is 0.947 bits per heavy atom. The second kappa shape index (κ2) is 12.8. The summed E-state index contributed by atoms with van der Waals surface area (Å²) in [4.78, 5) is 28.2. The molecule has 4 aromatic rings.